The third-order valence-corrected chi connectivity index (χ3v) is 5.18. The number of fused-ring (bicyclic) bond motifs is 1. The number of amides is 2. The third kappa shape index (κ3) is 6.47. The number of carbonyl (C=O) groups excluding carboxylic acids is 2. The monoisotopic (exact) mass is 463 g/mol. The van der Waals surface area contributed by atoms with Crippen molar-refractivity contribution in [1.29, 1.82) is 0 Å². The van der Waals surface area contributed by atoms with Crippen LogP contribution in [0.4, 0.5) is 4.79 Å². The van der Waals surface area contributed by atoms with E-state index in [1.807, 2.05) is 52.0 Å². The molecule has 0 aliphatic heterocycles. The Bertz CT molecular complexity index is 1180. The van der Waals surface area contributed by atoms with E-state index in [-0.39, 0.29) is 13.2 Å². The van der Waals surface area contributed by atoms with Crippen molar-refractivity contribution in [3.05, 3.63) is 59.3 Å². The molecule has 3 aromatic rings. The van der Waals surface area contributed by atoms with E-state index in [4.69, 9.17) is 20.2 Å². The molecule has 7 nitrogen and oxygen atoms in total. The first-order valence-electron chi connectivity index (χ1n) is 11.5. The van der Waals surface area contributed by atoms with Gasteiger partial charge in [-0.2, -0.15) is 0 Å². The number of nitrogens with one attached hydrogen (secondary N) is 1. The number of alkyl carbamates (subject to hydrolysis) is 1. The Balaban J connectivity index is 2.17. The minimum Gasteiger partial charge on any atom is -0.484 e. The lowest BCUT2D eigenvalue weighted by Gasteiger charge is -2.22. The molecule has 0 unspecified atom stereocenters. The number of pyridine rings is 1. The first kappa shape index (κ1) is 25.0. The van der Waals surface area contributed by atoms with Gasteiger partial charge in [0.25, 0.3) is 5.91 Å². The molecule has 180 valence electrons. The number of aryl methyl sites for hydroxylation is 2. The number of hydrogen-bond acceptors (Lipinski definition) is 5. The van der Waals surface area contributed by atoms with E-state index in [1.165, 1.54) is 0 Å². The van der Waals surface area contributed by atoms with Gasteiger partial charge in [-0.3, -0.25) is 9.78 Å². The predicted octanol–water partition coefficient (Wildman–Crippen LogP) is 5.05. The van der Waals surface area contributed by atoms with Gasteiger partial charge in [0, 0.05) is 22.2 Å². The minimum atomic E-state index is -0.547. The van der Waals surface area contributed by atoms with Crippen molar-refractivity contribution in [2.75, 3.05) is 6.61 Å². The SMILES string of the molecule is CCCc1nc2ccc(OCC(N)=O)cc2c(-c2ccc(C)cc2)c1COC(=O)NC(C)(C)C. The molecule has 0 spiro atoms. The number of rotatable bonds is 8. The Morgan fingerprint density at radius 3 is 2.41 bits per heavy atom. The van der Waals surface area contributed by atoms with Crippen LogP contribution in [0.5, 0.6) is 5.75 Å². The van der Waals surface area contributed by atoms with E-state index in [0.29, 0.717) is 5.75 Å². The number of aromatic nitrogens is 1. The number of carbonyl (C=O) groups is 2. The highest BCUT2D eigenvalue weighted by Gasteiger charge is 2.20. The number of ether oxygens (including phenoxy) is 2. The zero-order chi connectivity index (χ0) is 24.9. The standard InChI is InChI=1S/C27H33N3O4/c1-6-7-22-21(15-34-26(32)30-27(3,4)5)25(18-10-8-17(2)9-11-18)20-14-19(33-16-24(28)31)12-13-23(20)29-22/h8-14H,6-7,15-16H2,1-5H3,(H2,28,31)(H,30,32). The first-order chi connectivity index (χ1) is 16.1. The highest BCUT2D eigenvalue weighted by atomic mass is 16.5. The van der Waals surface area contributed by atoms with Crippen molar-refractivity contribution in [1.82, 2.24) is 10.3 Å². The zero-order valence-corrected chi connectivity index (χ0v) is 20.5. The van der Waals surface area contributed by atoms with Crippen LogP contribution in [0.25, 0.3) is 22.0 Å². The van der Waals surface area contributed by atoms with Gasteiger partial charge in [-0.05, 0) is 63.4 Å². The smallest absolute Gasteiger partial charge is 0.407 e. The lowest BCUT2D eigenvalue weighted by atomic mass is 9.92. The summed E-state index contributed by atoms with van der Waals surface area (Å²) < 4.78 is 11.2. The van der Waals surface area contributed by atoms with Gasteiger partial charge in [-0.15, -0.1) is 0 Å². The third-order valence-electron chi connectivity index (χ3n) is 5.18. The number of benzene rings is 2. The average Bonchev–Trinajstić information content (AvgIpc) is 2.75. The number of primary amides is 1. The Morgan fingerprint density at radius 1 is 1.09 bits per heavy atom. The van der Waals surface area contributed by atoms with Crippen molar-refractivity contribution in [2.45, 2.75) is 59.6 Å². The molecule has 34 heavy (non-hydrogen) atoms. The molecule has 7 heteroatoms. The number of nitrogens with zero attached hydrogens (tertiary/aromatic N) is 1. The Morgan fingerprint density at radius 2 is 1.79 bits per heavy atom. The molecule has 0 fully saturated rings. The Hall–Kier alpha value is -3.61. The molecule has 2 amide bonds. The molecular weight excluding hydrogens is 430 g/mol. The lowest BCUT2D eigenvalue weighted by molar-refractivity contribution is -0.119. The van der Waals surface area contributed by atoms with Gasteiger partial charge in [0.05, 0.1) is 5.52 Å². The summed E-state index contributed by atoms with van der Waals surface area (Å²) in [5.74, 6) is -0.0312. The summed E-state index contributed by atoms with van der Waals surface area (Å²) in [5, 5.41) is 3.68. The molecule has 0 saturated carbocycles. The Labute approximate surface area is 200 Å². The van der Waals surface area contributed by atoms with E-state index in [1.54, 1.807) is 6.07 Å². The molecule has 3 N–H and O–H groups in total. The van der Waals surface area contributed by atoms with Crippen molar-refractivity contribution < 1.29 is 19.1 Å². The summed E-state index contributed by atoms with van der Waals surface area (Å²) in [7, 11) is 0. The molecule has 1 aromatic heterocycles. The highest BCUT2D eigenvalue weighted by Crippen LogP contribution is 2.36. The molecule has 0 aliphatic carbocycles. The fourth-order valence-corrected chi connectivity index (χ4v) is 3.71. The molecule has 0 bridgehead atoms. The second-order valence-electron chi connectivity index (χ2n) is 9.41. The number of nitrogens with two attached hydrogens (primary N) is 1. The second kappa shape index (κ2) is 10.5. The fourth-order valence-electron chi connectivity index (χ4n) is 3.71. The van der Waals surface area contributed by atoms with E-state index in [2.05, 4.69) is 24.4 Å². The van der Waals surface area contributed by atoms with Gasteiger partial charge < -0.3 is 20.5 Å². The van der Waals surface area contributed by atoms with Crippen LogP contribution in [0, 0.1) is 6.92 Å². The van der Waals surface area contributed by atoms with Crippen LogP contribution >= 0.6 is 0 Å². The van der Waals surface area contributed by atoms with E-state index in [9.17, 15) is 9.59 Å². The normalized spacial score (nSPS) is 11.3. The largest absolute Gasteiger partial charge is 0.484 e. The lowest BCUT2D eigenvalue weighted by Crippen LogP contribution is -2.40. The Kier molecular flexibility index (Phi) is 7.76. The quantitative estimate of drug-likeness (QED) is 0.486. The maximum atomic E-state index is 12.4. The van der Waals surface area contributed by atoms with Crippen LogP contribution in [-0.2, 0) is 22.6 Å². The fraction of sp³-hybridized carbons (Fsp3) is 0.370. The maximum Gasteiger partial charge on any atom is 0.407 e. The molecule has 1 heterocycles. The predicted molar refractivity (Wildman–Crippen MR) is 134 cm³/mol. The molecule has 0 atom stereocenters. The topological polar surface area (TPSA) is 104 Å². The van der Waals surface area contributed by atoms with Crippen molar-refractivity contribution in [2.24, 2.45) is 5.73 Å². The number of hydrogen-bond donors (Lipinski definition) is 2. The summed E-state index contributed by atoms with van der Waals surface area (Å²) in [4.78, 5) is 28.5. The van der Waals surface area contributed by atoms with E-state index < -0.39 is 17.5 Å². The summed E-state index contributed by atoms with van der Waals surface area (Å²) in [6, 6.07) is 13.7. The van der Waals surface area contributed by atoms with Crippen LogP contribution < -0.4 is 15.8 Å². The van der Waals surface area contributed by atoms with Crippen molar-refractivity contribution >= 4 is 22.9 Å². The maximum absolute atomic E-state index is 12.4. The zero-order valence-electron chi connectivity index (χ0n) is 20.5. The minimum absolute atomic E-state index is 0.0791. The van der Waals surface area contributed by atoms with Crippen molar-refractivity contribution in [3.63, 3.8) is 0 Å². The van der Waals surface area contributed by atoms with Crippen molar-refractivity contribution in [3.8, 4) is 16.9 Å². The van der Waals surface area contributed by atoms with Gasteiger partial charge in [0.1, 0.15) is 12.4 Å². The van der Waals surface area contributed by atoms with Gasteiger partial charge in [0.15, 0.2) is 6.61 Å². The van der Waals surface area contributed by atoms with Crippen LogP contribution in [-0.4, -0.2) is 29.1 Å². The summed E-state index contributed by atoms with van der Waals surface area (Å²) in [6.07, 6.45) is 1.16. The molecule has 2 aromatic carbocycles. The highest BCUT2D eigenvalue weighted by molar-refractivity contribution is 5.97. The summed E-state index contributed by atoms with van der Waals surface area (Å²) in [6.45, 7) is 9.70. The van der Waals surface area contributed by atoms with Gasteiger partial charge in [-0.25, -0.2) is 4.79 Å². The van der Waals surface area contributed by atoms with Gasteiger partial charge in [0.2, 0.25) is 0 Å². The molecular formula is C27H33N3O4. The van der Waals surface area contributed by atoms with E-state index >= 15 is 0 Å². The second-order valence-corrected chi connectivity index (χ2v) is 9.41. The first-order valence-corrected chi connectivity index (χ1v) is 11.5. The molecule has 0 saturated heterocycles. The average molecular weight is 464 g/mol. The van der Waals surface area contributed by atoms with Crippen LogP contribution in [0.3, 0.4) is 0 Å². The summed E-state index contributed by atoms with van der Waals surface area (Å²) in [5.41, 5.74) is 10.4. The molecule has 3 rings (SSSR count). The van der Waals surface area contributed by atoms with Gasteiger partial charge >= 0.3 is 6.09 Å². The van der Waals surface area contributed by atoms with Gasteiger partial charge in [-0.1, -0.05) is 43.2 Å². The van der Waals surface area contributed by atoms with E-state index in [0.717, 1.165) is 51.7 Å². The molecule has 0 radical (unpaired) electrons. The van der Waals surface area contributed by atoms with Crippen LogP contribution in [0.2, 0.25) is 0 Å². The molecule has 0 aliphatic rings. The van der Waals surface area contributed by atoms with Crippen LogP contribution in [0.1, 0.15) is 50.9 Å². The summed E-state index contributed by atoms with van der Waals surface area (Å²) >= 11 is 0. The van der Waals surface area contributed by atoms with Crippen LogP contribution in [0.15, 0.2) is 42.5 Å².